The lowest BCUT2D eigenvalue weighted by Crippen LogP contribution is -2.47. The second kappa shape index (κ2) is 6.31. The Balaban J connectivity index is 1.69. The third-order valence-corrected chi connectivity index (χ3v) is 4.83. The number of hydrogen-bond acceptors (Lipinski definition) is 3. The number of rotatable bonds is 3. The Kier molecular flexibility index (Phi) is 4.74. The zero-order valence-electron chi connectivity index (χ0n) is 10.4. The molecule has 2 fully saturated rings. The molecule has 0 radical (unpaired) electrons. The highest BCUT2D eigenvalue weighted by Crippen LogP contribution is 2.25. The Morgan fingerprint density at radius 3 is 2.50 bits per heavy atom. The predicted octanol–water partition coefficient (Wildman–Crippen LogP) is 1.43. The summed E-state index contributed by atoms with van der Waals surface area (Å²) in [6.45, 7) is 0. The molecular formula is C12H20N2O3S. The van der Waals surface area contributed by atoms with Crippen molar-refractivity contribution in [2.45, 2.75) is 44.2 Å². The van der Waals surface area contributed by atoms with Gasteiger partial charge in [-0.15, -0.1) is 0 Å². The molecule has 0 aromatic rings. The van der Waals surface area contributed by atoms with E-state index in [0.29, 0.717) is 12.8 Å². The van der Waals surface area contributed by atoms with Gasteiger partial charge in [0.1, 0.15) is 0 Å². The number of urea groups is 1. The zero-order valence-corrected chi connectivity index (χ0v) is 11.2. The first-order chi connectivity index (χ1) is 8.65. The molecule has 1 aliphatic carbocycles. The van der Waals surface area contributed by atoms with Crippen molar-refractivity contribution in [1.29, 1.82) is 0 Å². The quantitative estimate of drug-likeness (QED) is 0.726. The molecule has 2 rings (SSSR count). The first kappa shape index (κ1) is 13.5. The molecule has 1 unspecified atom stereocenters. The number of nitrogens with one attached hydrogen (secondary N) is 2. The maximum Gasteiger partial charge on any atom is 0.315 e. The minimum absolute atomic E-state index is 0.0161. The third-order valence-electron chi connectivity index (χ3n) is 3.61. The van der Waals surface area contributed by atoms with Crippen molar-refractivity contribution in [3.63, 3.8) is 0 Å². The monoisotopic (exact) mass is 272 g/mol. The van der Waals surface area contributed by atoms with Crippen molar-refractivity contribution in [2.75, 3.05) is 11.5 Å². The topological polar surface area (TPSA) is 78.4 Å². The number of amides is 2. The minimum Gasteiger partial charge on any atom is -0.481 e. The van der Waals surface area contributed by atoms with E-state index in [1.807, 2.05) is 11.8 Å². The maximum atomic E-state index is 11.8. The van der Waals surface area contributed by atoms with E-state index in [0.717, 1.165) is 25.0 Å². The summed E-state index contributed by atoms with van der Waals surface area (Å²) in [5, 5.41) is 14.8. The van der Waals surface area contributed by atoms with Gasteiger partial charge in [0.2, 0.25) is 0 Å². The number of carbonyl (C=O) groups is 2. The molecule has 6 heteroatoms. The highest BCUT2D eigenvalue weighted by molar-refractivity contribution is 7.99. The van der Waals surface area contributed by atoms with Crippen LogP contribution in [-0.4, -0.2) is 40.7 Å². The van der Waals surface area contributed by atoms with Crippen LogP contribution in [0.1, 0.15) is 32.1 Å². The van der Waals surface area contributed by atoms with E-state index in [-0.39, 0.29) is 24.0 Å². The summed E-state index contributed by atoms with van der Waals surface area (Å²) < 4.78 is 0. The van der Waals surface area contributed by atoms with Crippen molar-refractivity contribution >= 4 is 23.8 Å². The SMILES string of the molecule is O=C(NC1CCCSC1)N[C@H]1CC[C@@H](C(=O)O)C1. The molecule has 2 aliphatic rings. The molecular weight excluding hydrogens is 252 g/mol. The van der Waals surface area contributed by atoms with Gasteiger partial charge < -0.3 is 15.7 Å². The number of hydrogen-bond donors (Lipinski definition) is 3. The number of carboxylic acids is 1. The van der Waals surface area contributed by atoms with Crippen LogP contribution >= 0.6 is 11.8 Å². The lowest BCUT2D eigenvalue weighted by atomic mass is 10.1. The van der Waals surface area contributed by atoms with Gasteiger partial charge in [-0.1, -0.05) is 0 Å². The Bertz CT molecular complexity index is 318. The largest absolute Gasteiger partial charge is 0.481 e. The van der Waals surface area contributed by atoms with Crippen LogP contribution in [0.2, 0.25) is 0 Å². The van der Waals surface area contributed by atoms with Crippen LogP contribution in [0.3, 0.4) is 0 Å². The van der Waals surface area contributed by atoms with Crippen molar-refractivity contribution in [1.82, 2.24) is 10.6 Å². The standard InChI is InChI=1S/C12H20N2O3S/c15-11(16)8-3-4-9(6-8)13-12(17)14-10-2-1-5-18-7-10/h8-10H,1-7H2,(H,15,16)(H2,13,14,17)/t8-,9+,10?/m1/s1. The molecule has 5 nitrogen and oxygen atoms in total. The first-order valence-corrected chi connectivity index (χ1v) is 7.68. The fourth-order valence-electron chi connectivity index (χ4n) is 2.60. The average Bonchev–Trinajstić information content (AvgIpc) is 2.78. The molecule has 3 atom stereocenters. The molecule has 1 aliphatic heterocycles. The lowest BCUT2D eigenvalue weighted by Gasteiger charge is -2.23. The number of thioether (sulfide) groups is 1. The second-order valence-corrected chi connectivity index (χ2v) is 6.23. The van der Waals surface area contributed by atoms with Gasteiger partial charge in [-0.05, 0) is 37.9 Å². The summed E-state index contributed by atoms with van der Waals surface area (Å²) in [7, 11) is 0. The Morgan fingerprint density at radius 2 is 1.89 bits per heavy atom. The Labute approximate surface area is 111 Å². The van der Waals surface area contributed by atoms with Crippen LogP contribution in [0.15, 0.2) is 0 Å². The molecule has 102 valence electrons. The molecule has 0 aromatic carbocycles. The van der Waals surface area contributed by atoms with Gasteiger partial charge in [-0.25, -0.2) is 4.79 Å². The van der Waals surface area contributed by atoms with Crippen molar-refractivity contribution < 1.29 is 14.7 Å². The first-order valence-electron chi connectivity index (χ1n) is 6.52. The number of carboxylic acid groups (broad SMARTS) is 1. The van der Waals surface area contributed by atoms with Crippen LogP contribution in [0.5, 0.6) is 0 Å². The van der Waals surface area contributed by atoms with Crippen molar-refractivity contribution in [2.24, 2.45) is 5.92 Å². The van der Waals surface area contributed by atoms with Gasteiger partial charge in [0.05, 0.1) is 5.92 Å². The summed E-state index contributed by atoms with van der Waals surface area (Å²) in [6, 6.07) is 0.140. The number of carbonyl (C=O) groups excluding carboxylic acids is 1. The van der Waals surface area contributed by atoms with Crippen LogP contribution in [0.4, 0.5) is 4.79 Å². The van der Waals surface area contributed by atoms with Crippen LogP contribution in [-0.2, 0) is 4.79 Å². The van der Waals surface area contributed by atoms with Gasteiger partial charge in [0.25, 0.3) is 0 Å². The van der Waals surface area contributed by atoms with Crippen molar-refractivity contribution in [3.8, 4) is 0 Å². The number of aliphatic carboxylic acids is 1. The predicted molar refractivity (Wildman–Crippen MR) is 70.8 cm³/mol. The molecule has 1 saturated heterocycles. The highest BCUT2D eigenvalue weighted by atomic mass is 32.2. The summed E-state index contributed by atoms with van der Waals surface area (Å²) >= 11 is 1.87. The van der Waals surface area contributed by atoms with Crippen LogP contribution < -0.4 is 10.6 Å². The maximum absolute atomic E-state index is 11.8. The van der Waals surface area contributed by atoms with Crippen LogP contribution in [0.25, 0.3) is 0 Å². The summed E-state index contributed by atoms with van der Waals surface area (Å²) in [5.41, 5.74) is 0. The van der Waals surface area contributed by atoms with Gasteiger partial charge in [0, 0.05) is 17.8 Å². The summed E-state index contributed by atoms with van der Waals surface area (Å²) in [5.74, 6) is 1.13. The van der Waals surface area contributed by atoms with E-state index in [1.165, 1.54) is 5.75 Å². The molecule has 1 saturated carbocycles. The fourth-order valence-corrected chi connectivity index (χ4v) is 3.68. The molecule has 0 aromatic heterocycles. The second-order valence-electron chi connectivity index (χ2n) is 5.08. The van der Waals surface area contributed by atoms with E-state index in [4.69, 9.17) is 5.11 Å². The van der Waals surface area contributed by atoms with E-state index < -0.39 is 5.97 Å². The molecule has 0 spiro atoms. The molecule has 2 amide bonds. The highest BCUT2D eigenvalue weighted by Gasteiger charge is 2.30. The molecule has 0 bridgehead atoms. The third kappa shape index (κ3) is 3.80. The fraction of sp³-hybridized carbons (Fsp3) is 0.833. The molecule has 18 heavy (non-hydrogen) atoms. The Hall–Kier alpha value is -0.910. The van der Waals surface area contributed by atoms with Gasteiger partial charge in [-0.2, -0.15) is 11.8 Å². The van der Waals surface area contributed by atoms with Gasteiger partial charge in [-0.3, -0.25) is 4.79 Å². The van der Waals surface area contributed by atoms with Crippen molar-refractivity contribution in [3.05, 3.63) is 0 Å². The van der Waals surface area contributed by atoms with Gasteiger partial charge in [0.15, 0.2) is 0 Å². The Morgan fingerprint density at radius 1 is 1.11 bits per heavy atom. The van der Waals surface area contributed by atoms with E-state index in [1.54, 1.807) is 0 Å². The minimum atomic E-state index is -0.747. The zero-order chi connectivity index (χ0) is 13.0. The van der Waals surface area contributed by atoms with Gasteiger partial charge >= 0.3 is 12.0 Å². The van der Waals surface area contributed by atoms with E-state index in [9.17, 15) is 9.59 Å². The smallest absolute Gasteiger partial charge is 0.315 e. The van der Waals surface area contributed by atoms with E-state index in [2.05, 4.69) is 10.6 Å². The van der Waals surface area contributed by atoms with Crippen LogP contribution in [0, 0.1) is 5.92 Å². The normalized spacial score (nSPS) is 31.9. The van der Waals surface area contributed by atoms with E-state index >= 15 is 0 Å². The summed E-state index contributed by atoms with van der Waals surface area (Å²) in [4.78, 5) is 22.6. The summed E-state index contributed by atoms with van der Waals surface area (Å²) in [6.07, 6.45) is 4.19. The molecule has 3 N–H and O–H groups in total. The lowest BCUT2D eigenvalue weighted by molar-refractivity contribution is -0.141. The molecule has 1 heterocycles. The average molecular weight is 272 g/mol.